The molecule has 0 N–H and O–H groups in total. The molecule has 0 aliphatic carbocycles. The topological polar surface area (TPSA) is 68.3 Å². The Bertz CT molecular complexity index is 1590. The van der Waals surface area contributed by atoms with Crippen LogP contribution in [0.5, 0.6) is 0 Å². The van der Waals surface area contributed by atoms with E-state index in [0.29, 0.717) is 18.7 Å². The first kappa shape index (κ1) is 23.6. The Kier molecular flexibility index (Phi) is 6.30. The maximum absolute atomic E-state index is 13.5. The number of nitrogens with zero attached hydrogens (tertiary/aromatic N) is 6. The Morgan fingerprint density at radius 2 is 1.86 bits per heavy atom. The van der Waals surface area contributed by atoms with Crippen LogP contribution in [0.1, 0.15) is 51.5 Å². The van der Waals surface area contributed by atoms with Crippen LogP contribution in [0.15, 0.2) is 60.9 Å². The van der Waals surface area contributed by atoms with Gasteiger partial charge in [0.25, 0.3) is 0 Å². The van der Waals surface area contributed by atoms with Gasteiger partial charge >= 0.3 is 0 Å². The monoisotopic (exact) mass is 492 g/mol. The van der Waals surface area contributed by atoms with Crippen molar-refractivity contribution in [3.63, 3.8) is 0 Å². The fourth-order valence-corrected chi connectivity index (χ4v) is 5.55. The third-order valence-electron chi connectivity index (χ3n) is 7.43. The number of carbonyl (C=O) groups is 1. The Morgan fingerprint density at radius 1 is 1.03 bits per heavy atom. The van der Waals surface area contributed by atoms with Crippen LogP contribution in [0.3, 0.4) is 0 Å². The van der Waals surface area contributed by atoms with Gasteiger partial charge in [-0.05, 0) is 87.7 Å². The summed E-state index contributed by atoms with van der Waals surface area (Å²) in [4.78, 5) is 25.2. The molecule has 188 valence electrons. The third-order valence-corrected chi connectivity index (χ3v) is 7.43. The zero-order chi connectivity index (χ0) is 25.4. The first-order valence-electron chi connectivity index (χ1n) is 13.1. The van der Waals surface area contributed by atoms with E-state index < -0.39 is 0 Å². The van der Waals surface area contributed by atoms with Gasteiger partial charge < -0.3 is 4.90 Å². The number of imidazole rings is 1. The first-order chi connectivity index (χ1) is 18.0. The summed E-state index contributed by atoms with van der Waals surface area (Å²) in [5.41, 5.74) is 7.60. The molecule has 0 amide bonds. The molecular formula is C30H32N6O. The fourth-order valence-electron chi connectivity index (χ4n) is 5.55. The van der Waals surface area contributed by atoms with Gasteiger partial charge in [-0.15, -0.1) is 0 Å². The van der Waals surface area contributed by atoms with Gasteiger partial charge in [0.1, 0.15) is 11.3 Å². The van der Waals surface area contributed by atoms with Crippen molar-refractivity contribution < 1.29 is 4.79 Å². The number of hydrogen-bond acceptors (Lipinski definition) is 5. The highest BCUT2D eigenvalue weighted by molar-refractivity contribution is 5.99. The number of Topliss-reactive ketones (excluding diaryl/α,β-unsaturated/α-hetero) is 1. The van der Waals surface area contributed by atoms with Crippen LogP contribution < -0.4 is 0 Å². The van der Waals surface area contributed by atoms with Crippen molar-refractivity contribution in [2.24, 2.45) is 0 Å². The molecule has 5 heterocycles. The average molecular weight is 493 g/mol. The Morgan fingerprint density at radius 3 is 2.70 bits per heavy atom. The molecule has 0 atom stereocenters. The number of fused-ring (bicyclic) bond motifs is 2. The summed E-state index contributed by atoms with van der Waals surface area (Å²) in [7, 11) is 0. The number of rotatable bonds is 8. The molecule has 1 fully saturated rings. The van der Waals surface area contributed by atoms with Gasteiger partial charge in [0.2, 0.25) is 0 Å². The number of hydrogen-bond donors (Lipinski definition) is 0. The molecule has 7 heteroatoms. The zero-order valence-corrected chi connectivity index (χ0v) is 21.5. The van der Waals surface area contributed by atoms with Crippen LogP contribution >= 0.6 is 0 Å². The van der Waals surface area contributed by atoms with Crippen molar-refractivity contribution in [3.8, 4) is 0 Å². The number of aryl methyl sites for hydroxylation is 2. The molecule has 0 saturated carbocycles. The lowest BCUT2D eigenvalue weighted by Gasteiger charge is -2.14. The molecule has 6 rings (SSSR count). The van der Waals surface area contributed by atoms with Gasteiger partial charge in [-0.25, -0.2) is 4.98 Å². The minimum Gasteiger partial charge on any atom is -0.303 e. The van der Waals surface area contributed by atoms with Crippen molar-refractivity contribution in [2.45, 2.75) is 46.1 Å². The summed E-state index contributed by atoms with van der Waals surface area (Å²) in [6.45, 7) is 8.09. The molecule has 0 bridgehead atoms. The molecule has 1 aliphatic heterocycles. The number of carbonyl (C=O) groups excluding carboxylic acids is 1. The molecule has 37 heavy (non-hydrogen) atoms. The van der Waals surface area contributed by atoms with Gasteiger partial charge in [-0.1, -0.05) is 18.2 Å². The van der Waals surface area contributed by atoms with Crippen LogP contribution in [0.2, 0.25) is 0 Å². The van der Waals surface area contributed by atoms with E-state index in [-0.39, 0.29) is 5.78 Å². The second kappa shape index (κ2) is 9.90. The molecule has 5 aromatic rings. The van der Waals surface area contributed by atoms with E-state index >= 15 is 0 Å². The van der Waals surface area contributed by atoms with Crippen molar-refractivity contribution in [2.75, 3.05) is 19.6 Å². The molecule has 0 spiro atoms. The van der Waals surface area contributed by atoms with E-state index in [2.05, 4.69) is 33.1 Å². The number of aromatic nitrogens is 5. The van der Waals surface area contributed by atoms with Crippen LogP contribution in [0.25, 0.3) is 16.6 Å². The highest BCUT2D eigenvalue weighted by Gasteiger charge is 2.18. The lowest BCUT2D eigenvalue weighted by atomic mass is 10.0. The predicted octanol–water partition coefficient (Wildman–Crippen LogP) is 4.81. The minimum absolute atomic E-state index is 0.0531. The highest BCUT2D eigenvalue weighted by atomic mass is 16.1. The molecule has 7 nitrogen and oxygen atoms in total. The number of likely N-dealkylation sites (tertiary alicyclic amines) is 1. The average Bonchev–Trinajstić information content (AvgIpc) is 3.63. The van der Waals surface area contributed by atoms with E-state index in [9.17, 15) is 4.79 Å². The van der Waals surface area contributed by atoms with Crippen molar-refractivity contribution >= 4 is 22.3 Å². The minimum atomic E-state index is 0.0531. The first-order valence-corrected chi connectivity index (χ1v) is 13.1. The molecule has 1 aliphatic rings. The normalized spacial score (nSPS) is 14.2. The van der Waals surface area contributed by atoms with Gasteiger partial charge in [0.15, 0.2) is 5.78 Å². The van der Waals surface area contributed by atoms with E-state index in [4.69, 9.17) is 5.10 Å². The number of ketones is 1. The van der Waals surface area contributed by atoms with Crippen molar-refractivity contribution in [3.05, 3.63) is 94.8 Å². The molecule has 1 saturated heterocycles. The lowest BCUT2D eigenvalue weighted by molar-refractivity contribution is 0.0987. The summed E-state index contributed by atoms with van der Waals surface area (Å²) < 4.78 is 3.90. The molecular weight excluding hydrogens is 460 g/mol. The van der Waals surface area contributed by atoms with Crippen LogP contribution in [0, 0.1) is 13.8 Å². The lowest BCUT2D eigenvalue weighted by Crippen LogP contribution is -2.21. The highest BCUT2D eigenvalue weighted by Crippen LogP contribution is 2.25. The molecule has 0 unspecified atom stereocenters. The number of benzene rings is 1. The van der Waals surface area contributed by atoms with E-state index in [1.165, 1.54) is 31.5 Å². The Balaban J connectivity index is 1.23. The zero-order valence-electron chi connectivity index (χ0n) is 21.5. The van der Waals surface area contributed by atoms with Crippen molar-refractivity contribution in [1.82, 2.24) is 29.0 Å². The SMILES string of the molecule is Cc1cccc(Cn2nc(C)c3c(CC(=O)c4cnc5cc(CCN6CCCC6)ccn45)cccc32)n1. The van der Waals surface area contributed by atoms with Crippen LogP contribution in [-0.4, -0.2) is 54.5 Å². The Labute approximate surface area is 216 Å². The molecule has 4 aromatic heterocycles. The third kappa shape index (κ3) is 4.79. The Hall–Kier alpha value is -3.84. The quantitative estimate of drug-likeness (QED) is 0.291. The fraction of sp³-hybridized carbons (Fsp3) is 0.333. The molecule has 1 aromatic carbocycles. The van der Waals surface area contributed by atoms with Crippen LogP contribution in [-0.2, 0) is 19.4 Å². The maximum atomic E-state index is 13.5. The summed E-state index contributed by atoms with van der Waals surface area (Å²) in [5.74, 6) is 0.0531. The number of pyridine rings is 2. The van der Waals surface area contributed by atoms with Crippen LogP contribution in [0.4, 0.5) is 0 Å². The predicted molar refractivity (Wildman–Crippen MR) is 145 cm³/mol. The summed E-state index contributed by atoms with van der Waals surface area (Å²) in [5, 5.41) is 5.84. The van der Waals surface area contributed by atoms with Gasteiger partial charge in [0, 0.05) is 30.2 Å². The van der Waals surface area contributed by atoms with Gasteiger partial charge in [-0.2, -0.15) is 5.10 Å². The standard InChI is InChI=1S/C30H32N6O/c1-21-7-5-9-25(32-21)20-36-26-10-6-8-24(30(26)22(2)33-36)18-28(37)27-19-31-29-17-23(12-16-35(27)29)11-15-34-13-3-4-14-34/h5-10,12,16-17,19H,3-4,11,13-15,18,20H2,1-2H3. The van der Waals surface area contributed by atoms with E-state index in [1.807, 2.05) is 59.5 Å². The van der Waals surface area contributed by atoms with Gasteiger partial charge in [-0.3, -0.25) is 18.9 Å². The second-order valence-corrected chi connectivity index (χ2v) is 10.1. The summed E-state index contributed by atoms with van der Waals surface area (Å²) in [6.07, 6.45) is 7.63. The van der Waals surface area contributed by atoms with E-state index in [0.717, 1.165) is 52.2 Å². The van der Waals surface area contributed by atoms with Crippen molar-refractivity contribution in [1.29, 1.82) is 0 Å². The van der Waals surface area contributed by atoms with E-state index in [1.54, 1.807) is 6.20 Å². The van der Waals surface area contributed by atoms with Gasteiger partial charge in [0.05, 0.1) is 29.6 Å². The second-order valence-electron chi connectivity index (χ2n) is 10.1. The summed E-state index contributed by atoms with van der Waals surface area (Å²) >= 11 is 0. The molecule has 0 radical (unpaired) electrons. The smallest absolute Gasteiger partial charge is 0.185 e. The maximum Gasteiger partial charge on any atom is 0.185 e. The summed E-state index contributed by atoms with van der Waals surface area (Å²) in [6, 6.07) is 16.4. The largest absolute Gasteiger partial charge is 0.303 e.